The Morgan fingerprint density at radius 1 is 1.62 bits per heavy atom. The van der Waals surface area contributed by atoms with Crippen molar-refractivity contribution in [3.8, 4) is 5.75 Å². The number of nitro groups is 1. The molecule has 0 spiro atoms. The number of halogens is 2. The standard InChI is InChI=1S/C9H7ClINO4/c1-16-9-2-5(8(13)4-10)7(12(14)15)3-6(9)11/h2-3H,4H2,1H3. The molecule has 1 aromatic carbocycles. The van der Waals surface area contributed by atoms with Gasteiger partial charge in [0.25, 0.3) is 5.69 Å². The number of nitrogens with zero attached hydrogens (tertiary/aromatic N) is 1. The van der Waals surface area contributed by atoms with Crippen molar-refractivity contribution in [3.63, 3.8) is 0 Å². The lowest BCUT2D eigenvalue weighted by Gasteiger charge is -2.06. The summed E-state index contributed by atoms with van der Waals surface area (Å²) in [7, 11) is 1.43. The summed E-state index contributed by atoms with van der Waals surface area (Å²) in [6.45, 7) is 0. The molecule has 1 aromatic rings. The van der Waals surface area contributed by atoms with E-state index in [2.05, 4.69) is 0 Å². The van der Waals surface area contributed by atoms with Crippen LogP contribution in [0.15, 0.2) is 12.1 Å². The Balaban J connectivity index is 3.42. The van der Waals surface area contributed by atoms with E-state index < -0.39 is 10.7 Å². The van der Waals surface area contributed by atoms with Gasteiger partial charge in [-0.1, -0.05) is 0 Å². The average molecular weight is 356 g/mol. The van der Waals surface area contributed by atoms with Crippen molar-refractivity contribution in [2.75, 3.05) is 13.0 Å². The molecule has 0 aliphatic heterocycles. The molecule has 0 amide bonds. The zero-order valence-corrected chi connectivity index (χ0v) is 11.1. The van der Waals surface area contributed by atoms with Crippen LogP contribution >= 0.6 is 34.2 Å². The minimum atomic E-state index is -0.610. The molecular weight excluding hydrogens is 348 g/mol. The monoisotopic (exact) mass is 355 g/mol. The Morgan fingerprint density at radius 3 is 2.69 bits per heavy atom. The minimum absolute atomic E-state index is 0.0303. The minimum Gasteiger partial charge on any atom is -0.496 e. The molecule has 1 rings (SSSR count). The highest BCUT2D eigenvalue weighted by atomic mass is 127. The van der Waals surface area contributed by atoms with Crippen LogP contribution in [0.25, 0.3) is 0 Å². The maximum atomic E-state index is 11.4. The third-order valence-electron chi connectivity index (χ3n) is 1.89. The van der Waals surface area contributed by atoms with Crippen LogP contribution in [0.4, 0.5) is 5.69 Å². The number of ether oxygens (including phenoxy) is 1. The van der Waals surface area contributed by atoms with E-state index in [0.717, 1.165) is 0 Å². The largest absolute Gasteiger partial charge is 0.496 e. The first-order chi connectivity index (χ1) is 7.51. The lowest BCUT2D eigenvalue weighted by atomic mass is 10.1. The fourth-order valence-electron chi connectivity index (χ4n) is 1.15. The summed E-state index contributed by atoms with van der Waals surface area (Å²) >= 11 is 7.28. The van der Waals surface area contributed by atoms with Gasteiger partial charge in [-0.2, -0.15) is 0 Å². The van der Waals surface area contributed by atoms with E-state index in [-0.39, 0.29) is 17.1 Å². The summed E-state index contributed by atoms with van der Waals surface area (Å²) in [5, 5.41) is 10.8. The quantitative estimate of drug-likeness (QED) is 0.274. The zero-order valence-electron chi connectivity index (χ0n) is 8.20. The van der Waals surface area contributed by atoms with Gasteiger partial charge in [0.05, 0.1) is 21.5 Å². The molecule has 0 atom stereocenters. The van der Waals surface area contributed by atoms with E-state index >= 15 is 0 Å². The summed E-state index contributed by atoms with van der Waals surface area (Å²) in [4.78, 5) is 21.6. The van der Waals surface area contributed by atoms with Gasteiger partial charge in [0.15, 0.2) is 5.78 Å². The normalized spacial score (nSPS) is 9.94. The van der Waals surface area contributed by atoms with Gasteiger partial charge in [-0.25, -0.2) is 0 Å². The maximum Gasteiger partial charge on any atom is 0.281 e. The molecule has 0 fully saturated rings. The number of benzene rings is 1. The number of ketones is 1. The lowest BCUT2D eigenvalue weighted by Crippen LogP contribution is -2.06. The summed E-state index contributed by atoms with van der Waals surface area (Å²) in [6, 6.07) is 2.63. The fraction of sp³-hybridized carbons (Fsp3) is 0.222. The van der Waals surface area contributed by atoms with Crippen molar-refractivity contribution in [1.29, 1.82) is 0 Å². The Bertz CT molecular complexity index is 449. The Kier molecular flexibility index (Phi) is 4.48. The number of hydrogen-bond acceptors (Lipinski definition) is 4. The van der Waals surface area contributed by atoms with Crippen LogP contribution in [0.1, 0.15) is 10.4 Å². The molecule has 0 N–H and O–H groups in total. The van der Waals surface area contributed by atoms with Gasteiger partial charge in [-0.3, -0.25) is 14.9 Å². The van der Waals surface area contributed by atoms with Gasteiger partial charge in [0.1, 0.15) is 11.3 Å². The summed E-state index contributed by atoms with van der Waals surface area (Å²) in [5.74, 6) is -0.382. The van der Waals surface area contributed by atoms with Gasteiger partial charge in [-0.05, 0) is 28.7 Å². The molecule has 0 aromatic heterocycles. The molecule has 0 unspecified atom stereocenters. The van der Waals surface area contributed by atoms with Crippen molar-refractivity contribution < 1.29 is 14.5 Å². The molecular formula is C9H7ClINO4. The molecule has 0 heterocycles. The van der Waals surface area contributed by atoms with E-state index in [1.54, 1.807) is 0 Å². The molecule has 0 radical (unpaired) electrons. The van der Waals surface area contributed by atoms with E-state index in [9.17, 15) is 14.9 Å². The highest BCUT2D eigenvalue weighted by Crippen LogP contribution is 2.30. The SMILES string of the molecule is COc1cc(C(=O)CCl)c([N+](=O)[O-])cc1I. The van der Waals surface area contributed by atoms with E-state index in [0.29, 0.717) is 9.32 Å². The van der Waals surface area contributed by atoms with E-state index in [1.807, 2.05) is 22.6 Å². The van der Waals surface area contributed by atoms with Gasteiger partial charge in [0, 0.05) is 6.07 Å². The van der Waals surface area contributed by atoms with Crippen LogP contribution < -0.4 is 4.74 Å². The number of nitro benzene ring substituents is 1. The van der Waals surface area contributed by atoms with E-state index in [4.69, 9.17) is 16.3 Å². The Hall–Kier alpha value is -0.890. The summed E-state index contributed by atoms with van der Waals surface area (Å²) < 4.78 is 5.56. The predicted molar refractivity (Wildman–Crippen MR) is 67.4 cm³/mol. The molecule has 5 nitrogen and oxygen atoms in total. The number of alkyl halides is 1. The van der Waals surface area contributed by atoms with Gasteiger partial charge in [-0.15, -0.1) is 11.6 Å². The second kappa shape index (κ2) is 5.44. The van der Waals surface area contributed by atoms with Crippen molar-refractivity contribution >= 4 is 45.7 Å². The predicted octanol–water partition coefficient (Wildman–Crippen LogP) is 2.63. The summed E-state index contributed by atoms with van der Waals surface area (Å²) in [5.41, 5.74) is -0.284. The summed E-state index contributed by atoms with van der Waals surface area (Å²) in [6.07, 6.45) is 0. The Labute approximate surface area is 110 Å². The average Bonchev–Trinajstić information content (AvgIpc) is 2.27. The van der Waals surface area contributed by atoms with Gasteiger partial charge >= 0.3 is 0 Å². The third kappa shape index (κ3) is 2.62. The first-order valence-electron chi connectivity index (χ1n) is 4.12. The zero-order chi connectivity index (χ0) is 12.3. The molecule has 7 heteroatoms. The topological polar surface area (TPSA) is 69.4 Å². The maximum absolute atomic E-state index is 11.4. The highest BCUT2D eigenvalue weighted by molar-refractivity contribution is 14.1. The van der Waals surface area contributed by atoms with Crippen LogP contribution in [-0.2, 0) is 0 Å². The lowest BCUT2D eigenvalue weighted by molar-refractivity contribution is -0.385. The molecule has 0 saturated carbocycles. The van der Waals surface area contributed by atoms with Crippen molar-refractivity contribution in [2.45, 2.75) is 0 Å². The second-order valence-corrected chi connectivity index (χ2v) is 4.25. The number of rotatable bonds is 4. The number of methoxy groups -OCH3 is 1. The van der Waals surface area contributed by atoms with Gasteiger partial charge < -0.3 is 4.74 Å². The van der Waals surface area contributed by atoms with Gasteiger partial charge in [0.2, 0.25) is 0 Å². The highest BCUT2D eigenvalue weighted by Gasteiger charge is 2.22. The molecule has 86 valence electrons. The van der Waals surface area contributed by atoms with Crippen molar-refractivity contribution in [1.82, 2.24) is 0 Å². The molecule has 0 bridgehead atoms. The number of hydrogen-bond donors (Lipinski definition) is 0. The van der Waals surface area contributed by atoms with E-state index in [1.165, 1.54) is 19.2 Å². The number of carbonyl (C=O) groups is 1. The molecule has 0 aliphatic rings. The second-order valence-electron chi connectivity index (χ2n) is 2.82. The molecule has 16 heavy (non-hydrogen) atoms. The van der Waals surface area contributed by atoms with Crippen LogP contribution in [-0.4, -0.2) is 23.7 Å². The number of carbonyl (C=O) groups excluding carboxylic acids is 1. The van der Waals surface area contributed by atoms with Crippen LogP contribution in [0, 0.1) is 13.7 Å². The molecule has 0 aliphatic carbocycles. The van der Waals surface area contributed by atoms with Crippen molar-refractivity contribution in [2.24, 2.45) is 0 Å². The van der Waals surface area contributed by atoms with Crippen LogP contribution in [0.3, 0.4) is 0 Å². The Morgan fingerprint density at radius 2 is 2.25 bits per heavy atom. The first-order valence-corrected chi connectivity index (χ1v) is 5.73. The number of Topliss-reactive ketones (excluding diaryl/α,β-unsaturated/α-hetero) is 1. The first kappa shape index (κ1) is 13.2. The third-order valence-corrected chi connectivity index (χ3v) is 2.97. The molecule has 0 saturated heterocycles. The fourth-order valence-corrected chi connectivity index (χ4v) is 1.96. The van der Waals surface area contributed by atoms with Crippen LogP contribution in [0.5, 0.6) is 5.75 Å². The smallest absolute Gasteiger partial charge is 0.281 e. The van der Waals surface area contributed by atoms with Crippen LogP contribution in [0.2, 0.25) is 0 Å². The van der Waals surface area contributed by atoms with Crippen molar-refractivity contribution in [3.05, 3.63) is 31.4 Å².